The summed E-state index contributed by atoms with van der Waals surface area (Å²) < 4.78 is 5.89. The van der Waals surface area contributed by atoms with Gasteiger partial charge in [-0.1, -0.05) is 0 Å². The number of thiophene rings is 1. The number of H-pyrrole nitrogens is 1. The zero-order valence-corrected chi connectivity index (χ0v) is 9.30. The maximum atomic E-state index is 11.5. The minimum Gasteiger partial charge on any atom is -0.469 e. The van der Waals surface area contributed by atoms with Gasteiger partial charge in [0.25, 0.3) is 5.56 Å². The number of rotatable bonds is 1. The molecule has 0 aliphatic carbocycles. The van der Waals surface area contributed by atoms with Crippen molar-refractivity contribution in [3.8, 4) is 10.4 Å². The Morgan fingerprint density at radius 2 is 2.31 bits per heavy atom. The van der Waals surface area contributed by atoms with Gasteiger partial charge in [0.2, 0.25) is 0 Å². The van der Waals surface area contributed by atoms with Gasteiger partial charge in [0.05, 0.1) is 18.1 Å². The quantitative estimate of drug-likeness (QED) is 0.701. The molecule has 0 fully saturated rings. The molecule has 1 N–H and O–H groups in total. The topological polar surface area (TPSA) is 58.9 Å². The van der Waals surface area contributed by atoms with E-state index in [1.54, 1.807) is 6.26 Å². The fraction of sp³-hybridized carbons (Fsp3) is 0.0909. The molecule has 4 nitrogen and oxygen atoms in total. The predicted molar refractivity (Wildman–Crippen MR) is 62.7 cm³/mol. The molecule has 0 aliphatic rings. The van der Waals surface area contributed by atoms with Gasteiger partial charge in [-0.3, -0.25) is 4.79 Å². The molecule has 80 valence electrons. The van der Waals surface area contributed by atoms with E-state index in [0.29, 0.717) is 4.70 Å². The van der Waals surface area contributed by atoms with Crippen molar-refractivity contribution in [1.82, 2.24) is 9.97 Å². The first-order valence-electron chi connectivity index (χ1n) is 4.77. The molecule has 3 aromatic rings. The molecule has 0 bridgehead atoms. The molecule has 0 radical (unpaired) electrons. The summed E-state index contributed by atoms with van der Waals surface area (Å²) in [6, 6.07) is 3.85. The number of nitrogens with zero attached hydrogens (tertiary/aromatic N) is 1. The van der Waals surface area contributed by atoms with Crippen molar-refractivity contribution in [2.24, 2.45) is 0 Å². The first-order valence-corrected chi connectivity index (χ1v) is 5.58. The Morgan fingerprint density at radius 1 is 1.44 bits per heavy atom. The highest BCUT2D eigenvalue weighted by Gasteiger charge is 2.09. The molecule has 0 aliphatic heterocycles. The highest BCUT2D eigenvalue weighted by Crippen LogP contribution is 2.31. The minimum atomic E-state index is -0.0959. The van der Waals surface area contributed by atoms with E-state index in [1.807, 2.05) is 19.1 Å². The lowest BCUT2D eigenvalue weighted by Crippen LogP contribution is -2.02. The van der Waals surface area contributed by atoms with Crippen LogP contribution in [0.25, 0.3) is 20.7 Å². The zero-order chi connectivity index (χ0) is 11.1. The van der Waals surface area contributed by atoms with Crippen LogP contribution in [0.4, 0.5) is 0 Å². The van der Waals surface area contributed by atoms with Crippen molar-refractivity contribution in [1.29, 1.82) is 0 Å². The second kappa shape index (κ2) is 3.31. The molecule has 5 heteroatoms. The summed E-state index contributed by atoms with van der Waals surface area (Å²) in [6.45, 7) is 1.89. The summed E-state index contributed by atoms with van der Waals surface area (Å²) >= 11 is 1.42. The van der Waals surface area contributed by atoms with E-state index in [0.717, 1.165) is 21.7 Å². The second-order valence-corrected chi connectivity index (χ2v) is 4.55. The summed E-state index contributed by atoms with van der Waals surface area (Å²) in [5, 5.41) is 0. The molecule has 3 rings (SSSR count). The highest BCUT2D eigenvalue weighted by molar-refractivity contribution is 7.22. The minimum absolute atomic E-state index is 0.0959. The smallest absolute Gasteiger partial charge is 0.268 e. The summed E-state index contributed by atoms with van der Waals surface area (Å²) in [6.07, 6.45) is 3.11. The SMILES string of the molecule is Cc1cc(-c2cc3nc[nH]c(=O)c3s2)co1. The average molecular weight is 232 g/mol. The maximum absolute atomic E-state index is 11.5. The summed E-state index contributed by atoms with van der Waals surface area (Å²) in [5.74, 6) is 0.856. The highest BCUT2D eigenvalue weighted by atomic mass is 32.1. The van der Waals surface area contributed by atoms with E-state index in [1.165, 1.54) is 17.7 Å². The fourth-order valence-corrected chi connectivity index (χ4v) is 2.56. The van der Waals surface area contributed by atoms with E-state index in [4.69, 9.17) is 4.42 Å². The Morgan fingerprint density at radius 3 is 3.00 bits per heavy atom. The number of aryl methyl sites for hydroxylation is 1. The van der Waals surface area contributed by atoms with Crippen LogP contribution < -0.4 is 5.56 Å². The molecule has 3 aromatic heterocycles. The number of aromatic nitrogens is 2. The fourth-order valence-electron chi connectivity index (χ4n) is 1.58. The third kappa shape index (κ3) is 1.37. The summed E-state index contributed by atoms with van der Waals surface area (Å²) in [5.41, 5.74) is 1.61. The zero-order valence-electron chi connectivity index (χ0n) is 8.48. The summed E-state index contributed by atoms with van der Waals surface area (Å²) in [4.78, 5) is 19.2. The molecule has 0 aromatic carbocycles. The number of nitrogens with one attached hydrogen (secondary N) is 1. The van der Waals surface area contributed by atoms with E-state index in [-0.39, 0.29) is 5.56 Å². The second-order valence-electron chi connectivity index (χ2n) is 3.50. The van der Waals surface area contributed by atoms with E-state index in [2.05, 4.69) is 9.97 Å². The van der Waals surface area contributed by atoms with Crippen LogP contribution in [0, 0.1) is 6.92 Å². The summed E-state index contributed by atoms with van der Waals surface area (Å²) in [7, 11) is 0. The van der Waals surface area contributed by atoms with Crippen molar-refractivity contribution < 1.29 is 4.42 Å². The van der Waals surface area contributed by atoms with Crippen molar-refractivity contribution >= 4 is 21.6 Å². The van der Waals surface area contributed by atoms with Crippen LogP contribution in [-0.2, 0) is 0 Å². The Kier molecular flexibility index (Phi) is 1.94. The first kappa shape index (κ1) is 9.35. The Bertz CT molecular complexity index is 708. The van der Waals surface area contributed by atoms with Gasteiger partial charge in [-0.15, -0.1) is 11.3 Å². The Hall–Kier alpha value is -1.88. The monoisotopic (exact) mass is 232 g/mol. The van der Waals surface area contributed by atoms with Crippen LogP contribution in [0.1, 0.15) is 5.76 Å². The molecule has 3 heterocycles. The number of hydrogen-bond acceptors (Lipinski definition) is 4. The first-order chi connectivity index (χ1) is 7.74. The standard InChI is InChI=1S/C11H8N2O2S/c1-6-2-7(4-15-6)9-3-8-10(16-9)11(14)13-5-12-8/h2-5H,1H3,(H,12,13,14). The molecular weight excluding hydrogens is 224 g/mol. The van der Waals surface area contributed by atoms with Crippen LogP contribution in [0.5, 0.6) is 0 Å². The van der Waals surface area contributed by atoms with Crippen LogP contribution >= 0.6 is 11.3 Å². The number of fused-ring (bicyclic) bond motifs is 1. The lowest BCUT2D eigenvalue weighted by Gasteiger charge is -1.84. The van der Waals surface area contributed by atoms with Crippen molar-refractivity contribution in [3.05, 3.63) is 40.8 Å². The lowest BCUT2D eigenvalue weighted by molar-refractivity contribution is 0.535. The van der Waals surface area contributed by atoms with Gasteiger partial charge in [-0.05, 0) is 19.1 Å². The van der Waals surface area contributed by atoms with Gasteiger partial charge in [-0.2, -0.15) is 0 Å². The Labute approximate surface area is 94.6 Å². The third-order valence-electron chi connectivity index (χ3n) is 2.33. The third-order valence-corrected chi connectivity index (χ3v) is 3.51. The molecule has 0 saturated heterocycles. The van der Waals surface area contributed by atoms with Gasteiger partial charge in [-0.25, -0.2) is 4.98 Å². The van der Waals surface area contributed by atoms with Crippen LogP contribution in [0.2, 0.25) is 0 Å². The number of furan rings is 1. The molecule has 16 heavy (non-hydrogen) atoms. The van der Waals surface area contributed by atoms with E-state index < -0.39 is 0 Å². The van der Waals surface area contributed by atoms with E-state index in [9.17, 15) is 4.79 Å². The average Bonchev–Trinajstić information content (AvgIpc) is 2.84. The predicted octanol–water partition coefficient (Wildman–Crippen LogP) is 2.55. The van der Waals surface area contributed by atoms with Gasteiger partial charge in [0.1, 0.15) is 10.5 Å². The van der Waals surface area contributed by atoms with Crippen LogP contribution in [-0.4, -0.2) is 9.97 Å². The molecule has 0 amide bonds. The number of aromatic amines is 1. The van der Waals surface area contributed by atoms with Crippen molar-refractivity contribution in [2.75, 3.05) is 0 Å². The molecule has 0 saturated carbocycles. The lowest BCUT2D eigenvalue weighted by atomic mass is 10.2. The molecule has 0 spiro atoms. The van der Waals surface area contributed by atoms with Gasteiger partial charge < -0.3 is 9.40 Å². The van der Waals surface area contributed by atoms with E-state index >= 15 is 0 Å². The molecule has 0 unspecified atom stereocenters. The van der Waals surface area contributed by atoms with Crippen LogP contribution in [0.15, 0.2) is 33.9 Å². The normalized spacial score (nSPS) is 11.1. The maximum Gasteiger partial charge on any atom is 0.268 e. The van der Waals surface area contributed by atoms with Crippen molar-refractivity contribution in [2.45, 2.75) is 6.92 Å². The Balaban J connectivity index is 2.26. The van der Waals surface area contributed by atoms with Gasteiger partial charge >= 0.3 is 0 Å². The number of hydrogen-bond donors (Lipinski definition) is 1. The van der Waals surface area contributed by atoms with Gasteiger partial charge in [0.15, 0.2) is 0 Å². The van der Waals surface area contributed by atoms with Gasteiger partial charge in [0, 0.05) is 10.4 Å². The molecular formula is C11H8N2O2S. The van der Waals surface area contributed by atoms with Crippen LogP contribution in [0.3, 0.4) is 0 Å². The largest absolute Gasteiger partial charge is 0.469 e. The molecule has 0 atom stereocenters. The van der Waals surface area contributed by atoms with Crippen molar-refractivity contribution in [3.63, 3.8) is 0 Å².